The molecule has 0 fully saturated rings. The predicted molar refractivity (Wildman–Crippen MR) is 92.6 cm³/mol. The van der Waals surface area contributed by atoms with Gasteiger partial charge in [-0.3, -0.25) is 4.79 Å². The maximum atomic E-state index is 13.1. The number of methoxy groups -OCH3 is 2. The minimum absolute atomic E-state index is 0.0430. The van der Waals surface area contributed by atoms with Crippen molar-refractivity contribution >= 4 is 17.4 Å². The van der Waals surface area contributed by atoms with Crippen LogP contribution < -0.4 is 0 Å². The van der Waals surface area contributed by atoms with Gasteiger partial charge in [-0.2, -0.15) is 0 Å². The number of carbonyl (C=O) groups excluding carboxylic acids is 1. The number of Topliss-reactive ketones (excluding diaryl/α,β-unsaturated/α-hetero) is 1. The van der Waals surface area contributed by atoms with E-state index in [2.05, 4.69) is 10.3 Å². The molecule has 0 aliphatic heterocycles. The lowest BCUT2D eigenvalue weighted by Gasteiger charge is -2.30. The van der Waals surface area contributed by atoms with E-state index in [0.29, 0.717) is 0 Å². The molecular weight excluding hydrogens is 346 g/mol. The molecule has 1 aromatic carbocycles. The van der Waals surface area contributed by atoms with Crippen molar-refractivity contribution in [2.45, 2.75) is 38.9 Å². The molecule has 2 rings (SSSR count). The number of carbonyl (C=O) groups is 1. The monoisotopic (exact) mass is 367 g/mol. The van der Waals surface area contributed by atoms with Crippen LogP contribution in [-0.4, -0.2) is 47.1 Å². The summed E-state index contributed by atoms with van der Waals surface area (Å²) in [6.45, 7) is 5.43. The van der Waals surface area contributed by atoms with E-state index in [1.54, 1.807) is 13.8 Å². The third-order valence-electron chi connectivity index (χ3n) is 3.72. The zero-order valence-electron chi connectivity index (χ0n) is 14.9. The molecule has 1 heterocycles. The fraction of sp³-hybridized carbons (Fsp3) is 0.471. The average Bonchev–Trinajstić information content (AvgIpc) is 3.00. The van der Waals surface area contributed by atoms with Gasteiger partial charge in [0.1, 0.15) is 0 Å². The number of ketones is 1. The van der Waals surface area contributed by atoms with Crippen molar-refractivity contribution in [1.82, 2.24) is 15.0 Å². The zero-order valence-corrected chi connectivity index (χ0v) is 15.6. The summed E-state index contributed by atoms with van der Waals surface area (Å²) in [5, 5.41) is 7.82. The van der Waals surface area contributed by atoms with Crippen molar-refractivity contribution in [2.75, 3.05) is 14.2 Å². The van der Waals surface area contributed by atoms with Gasteiger partial charge < -0.3 is 14.2 Å². The summed E-state index contributed by atoms with van der Waals surface area (Å²) in [6.07, 6.45) is -0.321. The van der Waals surface area contributed by atoms with Crippen LogP contribution in [0.25, 0.3) is 0 Å². The van der Waals surface area contributed by atoms with Crippen LogP contribution in [0.1, 0.15) is 42.9 Å². The van der Waals surface area contributed by atoms with Crippen molar-refractivity contribution in [3.05, 3.63) is 46.7 Å². The molecule has 1 aromatic heterocycles. The highest BCUT2D eigenvalue weighted by Gasteiger charge is 2.46. The number of nitrogens with zero attached hydrogens (tertiary/aromatic N) is 3. The van der Waals surface area contributed by atoms with Gasteiger partial charge in [0.2, 0.25) is 0 Å². The van der Waals surface area contributed by atoms with Gasteiger partial charge >= 0.3 is 5.97 Å². The molecule has 0 aliphatic carbocycles. The van der Waals surface area contributed by atoms with Gasteiger partial charge in [-0.05, 0) is 26.3 Å². The molecule has 25 heavy (non-hydrogen) atoms. The highest BCUT2D eigenvalue weighted by Crippen LogP contribution is 2.28. The van der Waals surface area contributed by atoms with Crippen LogP contribution in [0.5, 0.6) is 0 Å². The molecule has 0 N–H and O–H groups in total. The SMILES string of the molecule is COC(OC)(OC(C)C)C(=O)c1c(Cl)nnn1[C@H](C)c1ccccc1. The summed E-state index contributed by atoms with van der Waals surface area (Å²) >= 11 is 6.15. The molecule has 0 saturated carbocycles. The Bertz CT molecular complexity index is 714. The third kappa shape index (κ3) is 3.90. The fourth-order valence-corrected chi connectivity index (χ4v) is 2.70. The van der Waals surface area contributed by atoms with E-state index in [4.69, 9.17) is 25.8 Å². The number of hydrogen-bond acceptors (Lipinski definition) is 6. The Hall–Kier alpha value is -1.80. The lowest BCUT2D eigenvalue weighted by molar-refractivity contribution is -0.335. The molecule has 0 amide bonds. The minimum atomic E-state index is -1.92. The van der Waals surface area contributed by atoms with E-state index in [9.17, 15) is 4.79 Å². The van der Waals surface area contributed by atoms with Crippen LogP contribution in [0.4, 0.5) is 0 Å². The van der Waals surface area contributed by atoms with E-state index < -0.39 is 11.8 Å². The molecule has 0 unspecified atom stereocenters. The number of aromatic nitrogens is 3. The normalized spacial score (nSPS) is 13.2. The van der Waals surface area contributed by atoms with Gasteiger partial charge in [-0.1, -0.05) is 47.1 Å². The molecule has 0 bridgehead atoms. The highest BCUT2D eigenvalue weighted by molar-refractivity contribution is 6.32. The standard InChI is InChI=1S/C17H22ClN3O4/c1-11(2)25-17(23-4,24-5)15(22)14-16(18)19-20-21(14)12(3)13-9-7-6-8-10-13/h6-12H,1-5H3/t12-/m1/s1. The van der Waals surface area contributed by atoms with Gasteiger partial charge in [0, 0.05) is 14.2 Å². The lowest BCUT2D eigenvalue weighted by atomic mass is 10.1. The molecule has 0 radical (unpaired) electrons. The van der Waals surface area contributed by atoms with Crippen LogP contribution in [0.3, 0.4) is 0 Å². The van der Waals surface area contributed by atoms with Gasteiger partial charge in [-0.25, -0.2) is 4.68 Å². The second-order valence-corrected chi connectivity index (χ2v) is 6.08. The van der Waals surface area contributed by atoms with Crippen molar-refractivity contribution in [2.24, 2.45) is 0 Å². The molecule has 0 aliphatic rings. The zero-order chi connectivity index (χ0) is 18.6. The first kappa shape index (κ1) is 19.5. The molecule has 2 aromatic rings. The van der Waals surface area contributed by atoms with Gasteiger partial charge in [0.25, 0.3) is 5.78 Å². The first-order valence-electron chi connectivity index (χ1n) is 7.84. The highest BCUT2D eigenvalue weighted by atomic mass is 35.5. The summed E-state index contributed by atoms with van der Waals surface area (Å²) in [5.74, 6) is -2.53. The lowest BCUT2D eigenvalue weighted by Crippen LogP contribution is -2.48. The van der Waals surface area contributed by atoms with Crippen molar-refractivity contribution in [1.29, 1.82) is 0 Å². The number of halogens is 1. The number of hydrogen-bond donors (Lipinski definition) is 0. The van der Waals surface area contributed by atoms with Gasteiger partial charge in [0.05, 0.1) is 12.1 Å². The van der Waals surface area contributed by atoms with Crippen LogP contribution >= 0.6 is 11.6 Å². The third-order valence-corrected chi connectivity index (χ3v) is 3.98. The van der Waals surface area contributed by atoms with E-state index in [0.717, 1.165) is 5.56 Å². The maximum absolute atomic E-state index is 13.1. The first-order chi connectivity index (χ1) is 11.9. The topological polar surface area (TPSA) is 75.5 Å². The summed E-state index contributed by atoms with van der Waals surface area (Å²) in [6, 6.07) is 9.31. The quantitative estimate of drug-likeness (QED) is 0.527. The molecular formula is C17H22ClN3O4. The van der Waals surface area contributed by atoms with Crippen molar-refractivity contribution in [3.63, 3.8) is 0 Å². The molecule has 136 valence electrons. The molecule has 0 saturated heterocycles. The Morgan fingerprint density at radius 2 is 1.76 bits per heavy atom. The first-order valence-corrected chi connectivity index (χ1v) is 8.22. The summed E-state index contributed by atoms with van der Waals surface area (Å²) in [5.41, 5.74) is 1.01. The maximum Gasteiger partial charge on any atom is 0.353 e. The Morgan fingerprint density at radius 3 is 2.28 bits per heavy atom. The number of rotatable bonds is 8. The summed E-state index contributed by atoms with van der Waals surface area (Å²) in [7, 11) is 2.65. The van der Waals surface area contributed by atoms with E-state index in [-0.39, 0.29) is 23.0 Å². The van der Waals surface area contributed by atoms with E-state index in [1.165, 1.54) is 18.9 Å². The second kappa shape index (κ2) is 8.05. The van der Waals surface area contributed by atoms with Gasteiger partial charge in [0.15, 0.2) is 10.8 Å². The Labute approximate surface area is 151 Å². The van der Waals surface area contributed by atoms with E-state index in [1.807, 2.05) is 37.3 Å². The largest absolute Gasteiger partial charge is 0.353 e. The number of benzene rings is 1. The van der Waals surface area contributed by atoms with Crippen LogP contribution in [0.2, 0.25) is 5.15 Å². The molecule has 8 heteroatoms. The van der Waals surface area contributed by atoms with Crippen LogP contribution in [0, 0.1) is 0 Å². The van der Waals surface area contributed by atoms with Crippen molar-refractivity contribution < 1.29 is 19.0 Å². The Morgan fingerprint density at radius 1 is 1.16 bits per heavy atom. The predicted octanol–water partition coefficient (Wildman–Crippen LogP) is 3.10. The number of ether oxygens (including phenoxy) is 3. The minimum Gasteiger partial charge on any atom is -0.324 e. The Kier molecular flexibility index (Phi) is 6.29. The molecule has 1 atom stereocenters. The average molecular weight is 368 g/mol. The smallest absolute Gasteiger partial charge is 0.324 e. The molecule has 0 spiro atoms. The van der Waals surface area contributed by atoms with Crippen molar-refractivity contribution in [3.8, 4) is 0 Å². The second-order valence-electron chi connectivity index (χ2n) is 5.72. The summed E-state index contributed by atoms with van der Waals surface area (Å²) in [4.78, 5) is 13.1. The Balaban J connectivity index is 2.48. The van der Waals surface area contributed by atoms with Gasteiger partial charge in [-0.15, -0.1) is 5.10 Å². The van der Waals surface area contributed by atoms with E-state index >= 15 is 0 Å². The van der Waals surface area contributed by atoms with Crippen LogP contribution in [0.15, 0.2) is 30.3 Å². The molecule has 7 nitrogen and oxygen atoms in total. The summed E-state index contributed by atoms with van der Waals surface area (Å²) < 4.78 is 17.6. The fourth-order valence-electron chi connectivity index (χ4n) is 2.49. The van der Waals surface area contributed by atoms with Crippen LogP contribution in [-0.2, 0) is 14.2 Å².